The molecule has 234 valence electrons. The lowest BCUT2D eigenvalue weighted by molar-refractivity contribution is -0.123. The first-order valence-corrected chi connectivity index (χ1v) is 16.0. The van der Waals surface area contributed by atoms with Gasteiger partial charge in [0.25, 0.3) is 11.5 Å². The molecule has 0 unspecified atom stereocenters. The van der Waals surface area contributed by atoms with E-state index in [4.69, 9.17) is 21.3 Å². The second kappa shape index (κ2) is 14.6. The average Bonchev–Trinajstić information content (AvgIpc) is 3.43. The zero-order chi connectivity index (χ0) is 31.1. The van der Waals surface area contributed by atoms with E-state index in [1.54, 1.807) is 16.7 Å². The van der Waals surface area contributed by atoms with Gasteiger partial charge < -0.3 is 19.5 Å². The molecule has 1 aliphatic rings. The van der Waals surface area contributed by atoms with Gasteiger partial charge in [-0.1, -0.05) is 62.6 Å². The number of rotatable bonds is 14. The minimum absolute atomic E-state index is 0.0690. The minimum Gasteiger partial charge on any atom is -0.484 e. The lowest BCUT2D eigenvalue weighted by Crippen LogP contribution is -2.41. The van der Waals surface area contributed by atoms with Crippen molar-refractivity contribution in [1.82, 2.24) is 24.0 Å². The molecule has 0 aliphatic carbocycles. The summed E-state index contributed by atoms with van der Waals surface area (Å²) in [5.41, 5.74) is 2.64. The van der Waals surface area contributed by atoms with Crippen LogP contribution in [0.5, 0.6) is 5.75 Å². The standard InChI is InChI=1S/C33H41ClN6O4/c1-3-5-18-39-30-29(31(42)40(33(39)43)19-6-4-2)38-20-7-17-37(32(38)36-30)21-16-24-10-14-27(15-11-24)44-23-28(41)35-22-25-8-12-26(34)13-9-25/h8-15H,3-7,16-23H2,1-2H3,(H,35,41). The fourth-order valence-electron chi connectivity index (χ4n) is 5.51. The lowest BCUT2D eigenvalue weighted by Gasteiger charge is -2.29. The molecule has 11 heteroatoms. The summed E-state index contributed by atoms with van der Waals surface area (Å²) in [7, 11) is 0. The van der Waals surface area contributed by atoms with Crippen molar-refractivity contribution in [3.63, 3.8) is 0 Å². The Kier molecular flexibility index (Phi) is 10.4. The molecule has 0 saturated heterocycles. The maximum atomic E-state index is 13.6. The third kappa shape index (κ3) is 7.18. The molecule has 10 nitrogen and oxygen atoms in total. The Balaban J connectivity index is 1.24. The van der Waals surface area contributed by atoms with Crippen LogP contribution < -0.4 is 26.2 Å². The van der Waals surface area contributed by atoms with Gasteiger partial charge in [0.05, 0.1) is 0 Å². The molecule has 3 heterocycles. The Morgan fingerprint density at radius 2 is 1.59 bits per heavy atom. The molecule has 2 aromatic carbocycles. The summed E-state index contributed by atoms with van der Waals surface area (Å²) < 4.78 is 10.8. The maximum absolute atomic E-state index is 13.6. The van der Waals surface area contributed by atoms with Crippen LogP contribution in [0.15, 0.2) is 58.1 Å². The summed E-state index contributed by atoms with van der Waals surface area (Å²) in [4.78, 5) is 46.3. The first-order chi connectivity index (χ1) is 21.4. The van der Waals surface area contributed by atoms with Gasteiger partial charge in [-0.05, 0) is 61.1 Å². The number of fused-ring (bicyclic) bond motifs is 3. The van der Waals surface area contributed by atoms with E-state index >= 15 is 0 Å². The largest absolute Gasteiger partial charge is 0.484 e. The van der Waals surface area contributed by atoms with Crippen LogP contribution in [0.3, 0.4) is 0 Å². The molecule has 0 fully saturated rings. The Morgan fingerprint density at radius 1 is 0.909 bits per heavy atom. The number of nitrogens with zero attached hydrogens (tertiary/aromatic N) is 5. The van der Waals surface area contributed by atoms with E-state index in [-0.39, 0.29) is 23.8 Å². The van der Waals surface area contributed by atoms with E-state index in [9.17, 15) is 14.4 Å². The van der Waals surface area contributed by atoms with Crippen molar-refractivity contribution in [2.24, 2.45) is 0 Å². The van der Waals surface area contributed by atoms with Crippen LogP contribution in [0, 0.1) is 0 Å². The van der Waals surface area contributed by atoms with E-state index < -0.39 is 0 Å². The Morgan fingerprint density at radius 3 is 2.30 bits per heavy atom. The van der Waals surface area contributed by atoms with Crippen LogP contribution in [0.1, 0.15) is 57.1 Å². The molecular formula is C33H41ClN6O4. The summed E-state index contributed by atoms with van der Waals surface area (Å²) in [6, 6.07) is 15.1. The van der Waals surface area contributed by atoms with E-state index in [2.05, 4.69) is 24.1 Å². The number of anilines is 1. The van der Waals surface area contributed by atoms with Crippen molar-refractivity contribution in [2.75, 3.05) is 24.6 Å². The number of halogens is 1. The molecule has 1 amide bonds. The molecule has 2 aromatic heterocycles. The molecule has 1 N–H and O–H groups in total. The molecule has 5 rings (SSSR count). The lowest BCUT2D eigenvalue weighted by atomic mass is 10.1. The van der Waals surface area contributed by atoms with Crippen molar-refractivity contribution >= 4 is 34.6 Å². The van der Waals surface area contributed by atoms with E-state index in [1.165, 1.54) is 4.57 Å². The normalized spacial score (nSPS) is 12.8. The number of nitrogens with one attached hydrogen (secondary N) is 1. The molecule has 0 bridgehead atoms. The topological polar surface area (TPSA) is 103 Å². The van der Waals surface area contributed by atoms with E-state index in [0.29, 0.717) is 48.1 Å². The van der Waals surface area contributed by atoms with Crippen molar-refractivity contribution in [1.29, 1.82) is 0 Å². The number of aryl methyl sites for hydroxylation is 2. The van der Waals surface area contributed by atoms with Gasteiger partial charge in [0.2, 0.25) is 5.95 Å². The highest BCUT2D eigenvalue weighted by Crippen LogP contribution is 2.25. The molecule has 0 saturated carbocycles. The molecule has 44 heavy (non-hydrogen) atoms. The molecule has 1 aliphatic heterocycles. The van der Waals surface area contributed by atoms with Gasteiger partial charge in [-0.15, -0.1) is 0 Å². The number of imidazole rings is 1. The van der Waals surface area contributed by atoms with Crippen molar-refractivity contribution in [3.8, 4) is 5.75 Å². The number of ether oxygens (including phenoxy) is 1. The predicted octanol–water partition coefficient (Wildman–Crippen LogP) is 4.76. The van der Waals surface area contributed by atoms with Gasteiger partial charge in [0.15, 0.2) is 17.8 Å². The minimum atomic E-state index is -0.257. The van der Waals surface area contributed by atoms with Crippen LogP contribution in [-0.4, -0.2) is 44.3 Å². The quantitative estimate of drug-likeness (QED) is 0.218. The van der Waals surface area contributed by atoms with Gasteiger partial charge >= 0.3 is 5.69 Å². The van der Waals surface area contributed by atoms with Crippen LogP contribution >= 0.6 is 11.6 Å². The fourth-order valence-corrected chi connectivity index (χ4v) is 5.64. The number of benzene rings is 2. The van der Waals surface area contributed by atoms with Crippen molar-refractivity contribution < 1.29 is 9.53 Å². The number of unbranched alkanes of at least 4 members (excludes halogenated alkanes) is 2. The summed E-state index contributed by atoms with van der Waals surface area (Å²) >= 11 is 5.91. The molecule has 0 radical (unpaired) electrons. The molecular weight excluding hydrogens is 580 g/mol. The number of hydrogen-bond donors (Lipinski definition) is 1. The first-order valence-electron chi connectivity index (χ1n) is 15.6. The zero-order valence-corrected chi connectivity index (χ0v) is 26.3. The van der Waals surface area contributed by atoms with E-state index in [0.717, 1.165) is 68.7 Å². The number of hydrogen-bond acceptors (Lipinski definition) is 6. The summed E-state index contributed by atoms with van der Waals surface area (Å²) in [6.07, 6.45) is 5.15. The highest BCUT2D eigenvalue weighted by atomic mass is 35.5. The first kappa shape index (κ1) is 31.4. The van der Waals surface area contributed by atoms with Gasteiger partial charge in [-0.25, -0.2) is 4.79 Å². The number of aromatic nitrogens is 4. The fraction of sp³-hybridized carbons (Fsp3) is 0.455. The summed E-state index contributed by atoms with van der Waals surface area (Å²) in [5, 5.41) is 3.50. The van der Waals surface area contributed by atoms with E-state index in [1.807, 2.05) is 41.0 Å². The number of carbonyl (C=O) groups excluding carboxylic acids is 1. The number of amides is 1. The number of carbonyl (C=O) groups is 1. The van der Waals surface area contributed by atoms with Gasteiger partial charge in [-0.3, -0.25) is 18.7 Å². The van der Waals surface area contributed by atoms with Crippen LogP contribution in [-0.2, 0) is 37.4 Å². The second-order valence-electron chi connectivity index (χ2n) is 11.3. The third-order valence-corrected chi connectivity index (χ3v) is 8.28. The average molecular weight is 621 g/mol. The highest BCUT2D eigenvalue weighted by molar-refractivity contribution is 6.30. The molecule has 0 spiro atoms. The van der Waals surface area contributed by atoms with Crippen molar-refractivity contribution in [3.05, 3.63) is 85.5 Å². The molecule has 0 atom stereocenters. The second-order valence-corrected chi connectivity index (χ2v) is 11.7. The smallest absolute Gasteiger partial charge is 0.332 e. The van der Waals surface area contributed by atoms with Crippen LogP contribution in [0.2, 0.25) is 5.02 Å². The Hall–Kier alpha value is -4.05. The van der Waals surface area contributed by atoms with Crippen LogP contribution in [0.4, 0.5) is 5.95 Å². The van der Waals surface area contributed by atoms with Gasteiger partial charge in [-0.2, -0.15) is 4.98 Å². The SMILES string of the molecule is CCCCn1c(=O)c2c(nc3n2CCCN3CCc2ccc(OCC(=O)NCc3ccc(Cl)cc3)cc2)n(CCCC)c1=O. The van der Waals surface area contributed by atoms with Crippen LogP contribution in [0.25, 0.3) is 11.2 Å². The predicted molar refractivity (Wildman–Crippen MR) is 174 cm³/mol. The van der Waals surface area contributed by atoms with Crippen molar-refractivity contribution in [2.45, 2.75) is 78.6 Å². The zero-order valence-electron chi connectivity index (χ0n) is 25.6. The Bertz CT molecular complexity index is 1690. The molecule has 4 aromatic rings. The van der Waals surface area contributed by atoms with Gasteiger partial charge in [0.1, 0.15) is 5.75 Å². The highest BCUT2D eigenvalue weighted by Gasteiger charge is 2.26. The maximum Gasteiger partial charge on any atom is 0.332 e. The third-order valence-electron chi connectivity index (χ3n) is 8.02. The van der Waals surface area contributed by atoms with Gasteiger partial charge in [0, 0.05) is 44.3 Å². The summed E-state index contributed by atoms with van der Waals surface area (Å²) in [6.45, 7) is 7.73. The Labute approximate surface area is 262 Å². The monoisotopic (exact) mass is 620 g/mol. The summed E-state index contributed by atoms with van der Waals surface area (Å²) in [5.74, 6) is 1.18.